The van der Waals surface area contributed by atoms with Gasteiger partial charge in [-0.1, -0.05) is 42.1 Å². The molecule has 2 aromatic carbocycles. The number of hydrogen-bond acceptors (Lipinski definition) is 5. The van der Waals surface area contributed by atoms with Crippen LogP contribution in [0.25, 0.3) is 16.7 Å². The average molecular weight is 398 g/mol. The van der Waals surface area contributed by atoms with Crippen LogP contribution >= 0.6 is 11.8 Å². The third kappa shape index (κ3) is 3.82. The minimum Gasteiger partial charge on any atom is -0.435 e. The topological polar surface area (TPSA) is 52.8 Å². The fourth-order valence-electron chi connectivity index (χ4n) is 2.83. The van der Waals surface area contributed by atoms with Gasteiger partial charge in [0.15, 0.2) is 5.65 Å². The molecular weight excluding hydrogens is 382 g/mol. The molecule has 5 nitrogen and oxygen atoms in total. The Hall–Kier alpha value is -3.00. The molecule has 0 saturated heterocycles. The van der Waals surface area contributed by atoms with Crippen molar-refractivity contribution in [1.82, 2.24) is 19.7 Å². The molecule has 0 amide bonds. The van der Waals surface area contributed by atoms with Crippen LogP contribution in [0.4, 0.5) is 8.78 Å². The van der Waals surface area contributed by atoms with E-state index in [-0.39, 0.29) is 11.0 Å². The Morgan fingerprint density at radius 3 is 2.46 bits per heavy atom. The number of fused-ring (bicyclic) bond motifs is 1. The van der Waals surface area contributed by atoms with E-state index in [4.69, 9.17) is 0 Å². The summed E-state index contributed by atoms with van der Waals surface area (Å²) >= 11 is 1.56. The van der Waals surface area contributed by atoms with Crippen molar-refractivity contribution in [3.63, 3.8) is 0 Å². The van der Waals surface area contributed by atoms with Gasteiger partial charge in [-0.05, 0) is 36.8 Å². The number of ether oxygens (including phenoxy) is 1. The van der Waals surface area contributed by atoms with Crippen molar-refractivity contribution in [2.45, 2.75) is 23.8 Å². The summed E-state index contributed by atoms with van der Waals surface area (Å²) in [4.78, 5) is 8.80. The third-order valence-corrected chi connectivity index (χ3v) is 5.37. The van der Waals surface area contributed by atoms with Gasteiger partial charge in [-0.25, -0.2) is 14.6 Å². The van der Waals surface area contributed by atoms with Gasteiger partial charge in [-0.2, -0.15) is 13.9 Å². The Bertz CT molecular complexity index is 1070. The lowest BCUT2D eigenvalue weighted by Gasteiger charge is -2.12. The monoisotopic (exact) mass is 398 g/mol. The number of alkyl halides is 2. The first-order chi connectivity index (χ1) is 13.6. The highest BCUT2D eigenvalue weighted by molar-refractivity contribution is 7.99. The van der Waals surface area contributed by atoms with Crippen molar-refractivity contribution in [3.05, 3.63) is 72.7 Å². The lowest BCUT2D eigenvalue weighted by Crippen LogP contribution is -2.01. The molecule has 0 saturated carbocycles. The van der Waals surface area contributed by atoms with E-state index in [1.807, 2.05) is 37.3 Å². The molecule has 0 bridgehead atoms. The van der Waals surface area contributed by atoms with Crippen LogP contribution in [0.3, 0.4) is 0 Å². The van der Waals surface area contributed by atoms with Crippen LogP contribution in [0.5, 0.6) is 5.75 Å². The van der Waals surface area contributed by atoms with Crippen molar-refractivity contribution < 1.29 is 13.5 Å². The second kappa shape index (κ2) is 7.93. The summed E-state index contributed by atoms with van der Waals surface area (Å²) < 4.78 is 30.8. The predicted octanol–water partition coefficient (Wildman–Crippen LogP) is 5.27. The molecule has 0 aliphatic rings. The normalized spacial score (nSPS) is 12.4. The van der Waals surface area contributed by atoms with Crippen molar-refractivity contribution in [2.24, 2.45) is 0 Å². The number of halogens is 2. The van der Waals surface area contributed by atoms with Crippen LogP contribution in [0.15, 0.2) is 72.1 Å². The number of benzene rings is 2. The van der Waals surface area contributed by atoms with Crippen molar-refractivity contribution in [1.29, 1.82) is 0 Å². The fraction of sp³-hybridized carbons (Fsp3) is 0.150. The highest BCUT2D eigenvalue weighted by Crippen LogP contribution is 2.37. The summed E-state index contributed by atoms with van der Waals surface area (Å²) in [6.45, 7) is -0.795. The molecule has 0 N–H and O–H groups in total. The first kappa shape index (κ1) is 18.4. The number of aromatic nitrogens is 4. The maximum absolute atomic E-state index is 12.3. The average Bonchev–Trinajstić information content (AvgIpc) is 3.14. The van der Waals surface area contributed by atoms with Crippen LogP contribution in [0, 0.1) is 0 Å². The van der Waals surface area contributed by atoms with Crippen LogP contribution in [0.2, 0.25) is 0 Å². The first-order valence-electron chi connectivity index (χ1n) is 8.57. The molecule has 28 heavy (non-hydrogen) atoms. The molecule has 1 unspecified atom stereocenters. The van der Waals surface area contributed by atoms with E-state index in [0.29, 0.717) is 0 Å². The van der Waals surface area contributed by atoms with Gasteiger partial charge in [0, 0.05) is 5.25 Å². The first-order valence-corrected chi connectivity index (χ1v) is 9.45. The number of nitrogens with zero attached hydrogens (tertiary/aromatic N) is 4. The van der Waals surface area contributed by atoms with Gasteiger partial charge in [-0.15, -0.1) is 0 Å². The summed E-state index contributed by atoms with van der Waals surface area (Å²) in [6.07, 6.45) is 3.29. The minimum atomic E-state index is -2.83. The molecule has 0 spiro atoms. The predicted molar refractivity (Wildman–Crippen MR) is 104 cm³/mol. The Morgan fingerprint density at radius 2 is 1.75 bits per heavy atom. The maximum Gasteiger partial charge on any atom is 0.387 e. The standard InChI is InChI=1S/C20H16F2N4OS/c1-13(14-7-9-16(10-8-14)27-20(21)22)28-19-17-11-25-26(18(17)23-12-24-19)15-5-3-2-4-6-15/h2-13,20H,1H3. The molecule has 8 heteroatoms. The highest BCUT2D eigenvalue weighted by Gasteiger charge is 2.15. The zero-order valence-electron chi connectivity index (χ0n) is 14.9. The smallest absolute Gasteiger partial charge is 0.387 e. The van der Waals surface area contributed by atoms with Crippen LogP contribution in [0.1, 0.15) is 17.7 Å². The number of rotatable bonds is 6. The van der Waals surface area contributed by atoms with Crippen molar-refractivity contribution in [2.75, 3.05) is 0 Å². The van der Waals surface area contributed by atoms with Crippen LogP contribution < -0.4 is 4.74 Å². The van der Waals surface area contributed by atoms with Crippen molar-refractivity contribution in [3.8, 4) is 11.4 Å². The lowest BCUT2D eigenvalue weighted by atomic mass is 10.2. The van der Waals surface area contributed by atoms with E-state index >= 15 is 0 Å². The zero-order valence-corrected chi connectivity index (χ0v) is 15.7. The van der Waals surface area contributed by atoms with E-state index < -0.39 is 6.61 Å². The number of thioether (sulfide) groups is 1. The van der Waals surface area contributed by atoms with Crippen LogP contribution in [-0.4, -0.2) is 26.4 Å². The van der Waals surface area contributed by atoms with Crippen LogP contribution in [-0.2, 0) is 0 Å². The van der Waals surface area contributed by atoms with E-state index in [1.54, 1.807) is 46.9 Å². The molecule has 2 heterocycles. The van der Waals surface area contributed by atoms with E-state index in [0.717, 1.165) is 27.3 Å². The quantitative estimate of drug-likeness (QED) is 0.327. The lowest BCUT2D eigenvalue weighted by molar-refractivity contribution is -0.0498. The summed E-state index contributed by atoms with van der Waals surface area (Å²) in [5.74, 6) is 0.143. The molecule has 4 aromatic rings. The molecule has 1 atom stereocenters. The van der Waals surface area contributed by atoms with Gasteiger partial charge in [0.2, 0.25) is 0 Å². The number of hydrogen-bond donors (Lipinski definition) is 0. The van der Waals surface area contributed by atoms with Gasteiger partial charge in [0.1, 0.15) is 17.1 Å². The minimum absolute atomic E-state index is 0.0544. The van der Waals surface area contributed by atoms with E-state index in [9.17, 15) is 8.78 Å². The molecule has 2 aromatic heterocycles. The SMILES string of the molecule is CC(Sc1ncnc2c1cnn2-c1ccccc1)c1ccc(OC(F)F)cc1. The fourth-order valence-corrected chi connectivity index (χ4v) is 3.84. The zero-order chi connectivity index (χ0) is 19.5. The third-order valence-electron chi connectivity index (χ3n) is 4.19. The number of para-hydroxylation sites is 1. The molecule has 0 aliphatic heterocycles. The molecule has 4 rings (SSSR count). The summed E-state index contributed by atoms with van der Waals surface area (Å²) in [7, 11) is 0. The molecule has 142 valence electrons. The Kier molecular flexibility index (Phi) is 5.21. The van der Waals surface area contributed by atoms with Gasteiger partial charge in [0.05, 0.1) is 17.3 Å². The Morgan fingerprint density at radius 1 is 1.00 bits per heavy atom. The summed E-state index contributed by atoms with van der Waals surface area (Å²) in [5, 5.41) is 6.19. The molecular formula is C20H16F2N4OS. The molecule has 0 fully saturated rings. The van der Waals surface area contributed by atoms with Gasteiger partial charge >= 0.3 is 6.61 Å². The molecule has 0 aliphatic carbocycles. The van der Waals surface area contributed by atoms with Gasteiger partial charge < -0.3 is 4.74 Å². The largest absolute Gasteiger partial charge is 0.435 e. The Labute approximate surface area is 164 Å². The van der Waals surface area contributed by atoms with E-state index in [1.165, 1.54) is 6.33 Å². The summed E-state index contributed by atoms with van der Waals surface area (Å²) in [5.41, 5.74) is 2.64. The second-order valence-corrected chi connectivity index (χ2v) is 7.35. The highest BCUT2D eigenvalue weighted by atomic mass is 32.2. The molecule has 0 radical (unpaired) electrons. The van der Waals surface area contributed by atoms with Crippen molar-refractivity contribution >= 4 is 22.8 Å². The second-order valence-electron chi connectivity index (χ2n) is 6.02. The van der Waals surface area contributed by atoms with Gasteiger partial charge in [-0.3, -0.25) is 0 Å². The Balaban J connectivity index is 1.59. The summed E-state index contributed by atoms with van der Waals surface area (Å²) in [6, 6.07) is 16.4. The van der Waals surface area contributed by atoms with E-state index in [2.05, 4.69) is 19.8 Å². The maximum atomic E-state index is 12.3. The van der Waals surface area contributed by atoms with Gasteiger partial charge in [0.25, 0.3) is 0 Å².